The molecule has 0 bridgehead atoms. The number of rotatable bonds is 4. The van der Waals surface area contributed by atoms with Crippen molar-refractivity contribution < 1.29 is 4.79 Å². The molecule has 2 aromatic rings. The van der Waals surface area contributed by atoms with Crippen LogP contribution < -0.4 is 5.32 Å². The highest BCUT2D eigenvalue weighted by Crippen LogP contribution is 2.36. The molecule has 5 rings (SSSR count). The van der Waals surface area contributed by atoms with E-state index in [9.17, 15) is 4.79 Å². The number of amides is 1. The molecule has 0 spiro atoms. The number of carbonyl (C=O) groups excluding carboxylic acids is 1. The van der Waals surface area contributed by atoms with Crippen molar-refractivity contribution in [2.24, 2.45) is 0 Å². The molecule has 28 heavy (non-hydrogen) atoms. The van der Waals surface area contributed by atoms with Gasteiger partial charge in [0.15, 0.2) is 5.82 Å². The van der Waals surface area contributed by atoms with Gasteiger partial charge >= 0.3 is 0 Å². The van der Waals surface area contributed by atoms with E-state index in [4.69, 9.17) is 4.98 Å². The summed E-state index contributed by atoms with van der Waals surface area (Å²) in [6.07, 6.45) is 9.12. The van der Waals surface area contributed by atoms with Crippen LogP contribution in [0, 0.1) is 0 Å². The van der Waals surface area contributed by atoms with Crippen LogP contribution in [0.1, 0.15) is 72.3 Å². The van der Waals surface area contributed by atoms with Crippen LogP contribution in [0.2, 0.25) is 0 Å². The van der Waals surface area contributed by atoms with Crippen molar-refractivity contribution in [1.82, 2.24) is 30.0 Å². The normalized spacial score (nSPS) is 24.8. The molecule has 0 unspecified atom stereocenters. The number of fused-ring (bicyclic) bond motifs is 2. The summed E-state index contributed by atoms with van der Waals surface area (Å²) >= 11 is 1.87. The average molecular weight is 401 g/mol. The quantitative estimate of drug-likeness (QED) is 0.853. The minimum Gasteiger partial charge on any atom is -0.352 e. The van der Waals surface area contributed by atoms with Gasteiger partial charge in [0.25, 0.3) is 0 Å². The number of hydrogen-bond acceptors (Lipinski definition) is 6. The van der Waals surface area contributed by atoms with Crippen LogP contribution in [-0.2, 0) is 37.1 Å². The molecule has 7 nitrogen and oxygen atoms in total. The Bertz CT molecular complexity index is 853. The first-order valence-corrected chi connectivity index (χ1v) is 11.4. The Hall–Kier alpha value is -1.80. The van der Waals surface area contributed by atoms with Crippen LogP contribution in [-0.4, -0.2) is 43.1 Å². The Balaban J connectivity index is 1.41. The second kappa shape index (κ2) is 7.55. The van der Waals surface area contributed by atoms with E-state index in [2.05, 4.69) is 25.0 Å². The number of aromatic nitrogens is 4. The summed E-state index contributed by atoms with van der Waals surface area (Å²) in [6, 6.07) is 0.350. The molecule has 2 aliphatic heterocycles. The zero-order valence-corrected chi connectivity index (χ0v) is 17.3. The summed E-state index contributed by atoms with van der Waals surface area (Å²) < 4.78 is 2.35. The Morgan fingerprint density at radius 2 is 2.11 bits per heavy atom. The van der Waals surface area contributed by atoms with Gasteiger partial charge in [0.05, 0.1) is 18.3 Å². The van der Waals surface area contributed by atoms with E-state index in [-0.39, 0.29) is 18.0 Å². The number of nitrogens with one attached hydrogen (secondary N) is 1. The molecule has 1 amide bonds. The summed E-state index contributed by atoms with van der Waals surface area (Å²) in [5.74, 6) is 2.25. The molecule has 0 aromatic carbocycles. The summed E-state index contributed by atoms with van der Waals surface area (Å²) in [7, 11) is 0. The molecule has 1 N–H and O–H groups in total. The van der Waals surface area contributed by atoms with Gasteiger partial charge < -0.3 is 9.88 Å². The standard InChI is InChI=1S/C20H28N6OS/c1-13(27)21-14-10-16(20-24-23-18-8-3-2-4-9-26(18)20)25(11-14)12-19-22-15-6-5-7-17(15)28-19/h14,16H,2-12H2,1H3,(H,21,27)/t14-,16-/m1/s1. The van der Waals surface area contributed by atoms with Crippen LogP contribution in [0.15, 0.2) is 0 Å². The molecule has 0 radical (unpaired) electrons. The number of aryl methyl sites for hydroxylation is 3. The molecular weight excluding hydrogens is 372 g/mol. The predicted octanol–water partition coefficient (Wildman–Crippen LogP) is 2.40. The predicted molar refractivity (Wildman–Crippen MR) is 107 cm³/mol. The van der Waals surface area contributed by atoms with Gasteiger partial charge in [-0.3, -0.25) is 9.69 Å². The van der Waals surface area contributed by atoms with E-state index in [1.807, 2.05) is 11.3 Å². The molecule has 8 heteroatoms. The molecule has 3 aliphatic rings. The van der Waals surface area contributed by atoms with E-state index >= 15 is 0 Å². The summed E-state index contributed by atoms with van der Waals surface area (Å²) in [4.78, 5) is 20.5. The maximum atomic E-state index is 11.7. The van der Waals surface area contributed by atoms with Crippen LogP contribution >= 0.6 is 11.3 Å². The minimum absolute atomic E-state index is 0.0406. The summed E-state index contributed by atoms with van der Waals surface area (Å²) in [5, 5.41) is 13.5. The van der Waals surface area contributed by atoms with Crippen LogP contribution in [0.3, 0.4) is 0 Å². The number of nitrogens with zero attached hydrogens (tertiary/aromatic N) is 5. The van der Waals surface area contributed by atoms with Gasteiger partial charge in [-0.1, -0.05) is 6.42 Å². The van der Waals surface area contributed by atoms with Crippen molar-refractivity contribution in [1.29, 1.82) is 0 Å². The van der Waals surface area contributed by atoms with E-state index in [1.54, 1.807) is 6.92 Å². The zero-order chi connectivity index (χ0) is 19.1. The van der Waals surface area contributed by atoms with E-state index in [0.29, 0.717) is 0 Å². The topological polar surface area (TPSA) is 75.9 Å². The van der Waals surface area contributed by atoms with E-state index in [0.717, 1.165) is 50.5 Å². The molecule has 2 atom stereocenters. The molecule has 1 saturated heterocycles. The van der Waals surface area contributed by atoms with Gasteiger partial charge in [-0.2, -0.15) is 0 Å². The minimum atomic E-state index is 0.0406. The van der Waals surface area contributed by atoms with Crippen molar-refractivity contribution in [3.63, 3.8) is 0 Å². The molecule has 150 valence electrons. The summed E-state index contributed by atoms with van der Waals surface area (Å²) in [6.45, 7) is 4.29. The highest BCUT2D eigenvalue weighted by Gasteiger charge is 2.38. The fourth-order valence-corrected chi connectivity index (χ4v) is 6.16. The smallest absolute Gasteiger partial charge is 0.217 e. The Labute approximate surface area is 169 Å². The third-order valence-electron chi connectivity index (χ3n) is 6.23. The molecule has 4 heterocycles. The monoisotopic (exact) mass is 400 g/mol. The van der Waals surface area contributed by atoms with Crippen LogP contribution in [0.25, 0.3) is 0 Å². The van der Waals surface area contributed by atoms with Gasteiger partial charge in [-0.05, 0) is 38.5 Å². The largest absolute Gasteiger partial charge is 0.352 e. The fraction of sp³-hybridized carbons (Fsp3) is 0.700. The highest BCUT2D eigenvalue weighted by molar-refractivity contribution is 7.11. The highest BCUT2D eigenvalue weighted by atomic mass is 32.1. The number of likely N-dealkylation sites (tertiary alicyclic amines) is 1. The fourth-order valence-electron chi connectivity index (χ4n) is 4.98. The van der Waals surface area contributed by atoms with Crippen LogP contribution in [0.5, 0.6) is 0 Å². The molecule has 1 aliphatic carbocycles. The SMILES string of the molecule is CC(=O)N[C@@H]1C[C@H](c2nnc3n2CCCCC3)N(Cc2nc3c(s2)CCC3)C1. The van der Waals surface area contributed by atoms with Crippen LogP contribution in [0.4, 0.5) is 0 Å². The lowest BCUT2D eigenvalue weighted by Gasteiger charge is -2.23. The first-order valence-electron chi connectivity index (χ1n) is 10.6. The lowest BCUT2D eigenvalue weighted by Crippen LogP contribution is -2.35. The van der Waals surface area contributed by atoms with Crippen molar-refractivity contribution in [2.45, 2.75) is 83.5 Å². The molecule has 1 fully saturated rings. The molecule has 2 aromatic heterocycles. The zero-order valence-electron chi connectivity index (χ0n) is 16.5. The van der Waals surface area contributed by atoms with Gasteiger partial charge in [0.1, 0.15) is 10.8 Å². The Morgan fingerprint density at radius 1 is 1.18 bits per heavy atom. The van der Waals surface area contributed by atoms with Gasteiger partial charge in [0, 0.05) is 37.4 Å². The number of carbonyl (C=O) groups is 1. The maximum absolute atomic E-state index is 11.7. The number of thiazole rings is 1. The lowest BCUT2D eigenvalue weighted by molar-refractivity contribution is -0.119. The Morgan fingerprint density at radius 3 is 2.96 bits per heavy atom. The third kappa shape index (κ3) is 3.48. The third-order valence-corrected chi connectivity index (χ3v) is 7.37. The van der Waals surface area contributed by atoms with Crippen molar-refractivity contribution in [3.05, 3.63) is 27.2 Å². The summed E-state index contributed by atoms with van der Waals surface area (Å²) in [5.41, 5.74) is 1.31. The maximum Gasteiger partial charge on any atom is 0.217 e. The second-order valence-electron chi connectivity index (χ2n) is 8.35. The van der Waals surface area contributed by atoms with E-state index in [1.165, 1.54) is 47.7 Å². The second-order valence-corrected chi connectivity index (χ2v) is 9.51. The Kier molecular flexibility index (Phi) is 4.92. The molecule has 0 saturated carbocycles. The van der Waals surface area contributed by atoms with Crippen molar-refractivity contribution in [2.75, 3.05) is 6.54 Å². The molecular formula is C20H28N6OS. The first-order chi connectivity index (χ1) is 13.7. The van der Waals surface area contributed by atoms with Crippen molar-refractivity contribution >= 4 is 17.2 Å². The van der Waals surface area contributed by atoms with Gasteiger partial charge in [-0.15, -0.1) is 21.5 Å². The van der Waals surface area contributed by atoms with Gasteiger partial charge in [-0.25, -0.2) is 4.98 Å². The van der Waals surface area contributed by atoms with E-state index < -0.39 is 0 Å². The average Bonchev–Trinajstić information content (AvgIpc) is 3.37. The first kappa shape index (κ1) is 18.2. The lowest BCUT2D eigenvalue weighted by atomic mass is 10.1. The van der Waals surface area contributed by atoms with Gasteiger partial charge in [0.2, 0.25) is 5.91 Å². The number of hydrogen-bond donors (Lipinski definition) is 1. The van der Waals surface area contributed by atoms with Crippen molar-refractivity contribution in [3.8, 4) is 0 Å².